The van der Waals surface area contributed by atoms with Crippen LogP contribution in [-0.2, 0) is 4.79 Å². The molecule has 4 N–H and O–H groups in total. The molecule has 5 heteroatoms. The molecule has 1 fully saturated rings. The van der Waals surface area contributed by atoms with E-state index < -0.39 is 0 Å². The Balaban J connectivity index is 1.91. The van der Waals surface area contributed by atoms with Crippen LogP contribution in [0.5, 0.6) is 0 Å². The molecule has 2 amide bonds. The van der Waals surface area contributed by atoms with Gasteiger partial charge in [-0.25, -0.2) is 0 Å². The second-order valence-electron chi connectivity index (χ2n) is 5.66. The first-order valence-electron chi connectivity index (χ1n) is 7.52. The van der Waals surface area contributed by atoms with E-state index in [1.54, 1.807) is 31.2 Å². The molecule has 1 atom stereocenters. The maximum atomic E-state index is 12.1. The minimum atomic E-state index is -0.227. The van der Waals surface area contributed by atoms with E-state index in [1.165, 1.54) is 12.8 Å². The molecule has 2 rings (SSSR count). The molecule has 0 saturated heterocycles. The number of hydrogen-bond donors (Lipinski definition) is 3. The normalized spacial score (nSPS) is 16.5. The molecule has 0 aromatic heterocycles. The number of rotatable bonds is 5. The number of nitrogens with one attached hydrogen (secondary N) is 2. The highest BCUT2D eigenvalue weighted by Gasteiger charge is 2.18. The SMILES string of the molecule is CC(CN)C(=O)Nc1ccc(C(=O)NC2CCCC2)cc1. The van der Waals surface area contributed by atoms with E-state index in [1.807, 2.05) is 0 Å². The van der Waals surface area contributed by atoms with Crippen LogP contribution in [0.3, 0.4) is 0 Å². The van der Waals surface area contributed by atoms with Crippen molar-refractivity contribution in [1.29, 1.82) is 0 Å². The Labute approximate surface area is 125 Å². The first kappa shape index (κ1) is 15.5. The van der Waals surface area contributed by atoms with Crippen molar-refractivity contribution >= 4 is 17.5 Å². The fraction of sp³-hybridized carbons (Fsp3) is 0.500. The Morgan fingerprint density at radius 1 is 1.24 bits per heavy atom. The van der Waals surface area contributed by atoms with Crippen molar-refractivity contribution in [2.24, 2.45) is 11.7 Å². The maximum Gasteiger partial charge on any atom is 0.251 e. The fourth-order valence-corrected chi connectivity index (χ4v) is 2.42. The number of carbonyl (C=O) groups is 2. The number of hydrogen-bond acceptors (Lipinski definition) is 3. The van der Waals surface area contributed by atoms with Gasteiger partial charge in [0.05, 0.1) is 0 Å². The number of amides is 2. The summed E-state index contributed by atoms with van der Waals surface area (Å²) < 4.78 is 0. The van der Waals surface area contributed by atoms with Crippen LogP contribution in [0.15, 0.2) is 24.3 Å². The zero-order valence-electron chi connectivity index (χ0n) is 12.4. The predicted octanol–water partition coefficient (Wildman–Crippen LogP) is 1.89. The highest BCUT2D eigenvalue weighted by molar-refractivity contribution is 5.96. The van der Waals surface area contributed by atoms with Gasteiger partial charge in [-0.2, -0.15) is 0 Å². The van der Waals surface area contributed by atoms with Crippen LogP contribution in [0.1, 0.15) is 43.0 Å². The monoisotopic (exact) mass is 289 g/mol. The van der Waals surface area contributed by atoms with Crippen LogP contribution in [-0.4, -0.2) is 24.4 Å². The molecule has 1 unspecified atom stereocenters. The van der Waals surface area contributed by atoms with Crippen molar-refractivity contribution in [3.8, 4) is 0 Å². The third-order valence-corrected chi connectivity index (χ3v) is 3.91. The lowest BCUT2D eigenvalue weighted by molar-refractivity contribution is -0.119. The van der Waals surface area contributed by atoms with Crippen LogP contribution in [0.25, 0.3) is 0 Å². The molecule has 21 heavy (non-hydrogen) atoms. The molecular weight excluding hydrogens is 266 g/mol. The van der Waals surface area contributed by atoms with Gasteiger partial charge >= 0.3 is 0 Å². The number of benzene rings is 1. The van der Waals surface area contributed by atoms with E-state index >= 15 is 0 Å². The highest BCUT2D eigenvalue weighted by Crippen LogP contribution is 2.18. The smallest absolute Gasteiger partial charge is 0.251 e. The van der Waals surface area contributed by atoms with E-state index in [9.17, 15) is 9.59 Å². The van der Waals surface area contributed by atoms with Crippen molar-refractivity contribution in [2.75, 3.05) is 11.9 Å². The van der Waals surface area contributed by atoms with Crippen molar-refractivity contribution in [3.05, 3.63) is 29.8 Å². The lowest BCUT2D eigenvalue weighted by Gasteiger charge is -2.13. The van der Waals surface area contributed by atoms with E-state index in [4.69, 9.17) is 5.73 Å². The van der Waals surface area contributed by atoms with Crippen LogP contribution >= 0.6 is 0 Å². The van der Waals surface area contributed by atoms with Gasteiger partial charge in [0.2, 0.25) is 5.91 Å². The standard InChI is InChI=1S/C16H23N3O2/c1-11(10-17)15(20)18-14-8-6-12(7-9-14)16(21)19-13-4-2-3-5-13/h6-9,11,13H,2-5,10,17H2,1H3,(H,18,20)(H,19,21). The van der Waals surface area contributed by atoms with Gasteiger partial charge in [-0.1, -0.05) is 19.8 Å². The molecule has 0 heterocycles. The van der Waals surface area contributed by atoms with Gasteiger partial charge in [-0.15, -0.1) is 0 Å². The number of anilines is 1. The van der Waals surface area contributed by atoms with E-state index in [0.29, 0.717) is 23.8 Å². The Bertz CT molecular complexity index is 493. The van der Waals surface area contributed by atoms with Crippen molar-refractivity contribution < 1.29 is 9.59 Å². The third kappa shape index (κ3) is 4.29. The molecular formula is C16H23N3O2. The Morgan fingerprint density at radius 3 is 2.43 bits per heavy atom. The van der Waals surface area contributed by atoms with Crippen LogP contribution in [0.4, 0.5) is 5.69 Å². The summed E-state index contributed by atoms with van der Waals surface area (Å²) in [5.74, 6) is -0.383. The van der Waals surface area contributed by atoms with Crippen LogP contribution < -0.4 is 16.4 Å². The zero-order chi connectivity index (χ0) is 15.2. The summed E-state index contributed by atoms with van der Waals surface area (Å²) in [6.45, 7) is 2.09. The Morgan fingerprint density at radius 2 is 1.86 bits per heavy atom. The van der Waals surface area contributed by atoms with E-state index in [-0.39, 0.29) is 17.7 Å². The van der Waals surface area contributed by atoms with E-state index in [2.05, 4.69) is 10.6 Å². The fourth-order valence-electron chi connectivity index (χ4n) is 2.42. The van der Waals surface area contributed by atoms with E-state index in [0.717, 1.165) is 12.8 Å². The lowest BCUT2D eigenvalue weighted by Crippen LogP contribution is -2.32. The molecule has 1 aliphatic rings. The summed E-state index contributed by atoms with van der Waals surface area (Å²) in [4.78, 5) is 23.8. The summed E-state index contributed by atoms with van der Waals surface area (Å²) >= 11 is 0. The Hall–Kier alpha value is -1.88. The first-order chi connectivity index (χ1) is 10.1. The predicted molar refractivity (Wildman–Crippen MR) is 83.0 cm³/mol. The topological polar surface area (TPSA) is 84.2 Å². The molecule has 0 spiro atoms. The molecule has 1 aliphatic carbocycles. The quantitative estimate of drug-likeness (QED) is 0.774. The van der Waals surface area contributed by atoms with Crippen molar-refractivity contribution in [3.63, 3.8) is 0 Å². The molecule has 1 saturated carbocycles. The zero-order valence-corrected chi connectivity index (χ0v) is 12.4. The number of carbonyl (C=O) groups excluding carboxylic acids is 2. The minimum Gasteiger partial charge on any atom is -0.349 e. The van der Waals surface area contributed by atoms with Gasteiger partial charge in [0.1, 0.15) is 0 Å². The second kappa shape index (κ2) is 7.22. The van der Waals surface area contributed by atoms with Gasteiger partial charge in [-0.05, 0) is 37.1 Å². The molecule has 5 nitrogen and oxygen atoms in total. The average molecular weight is 289 g/mol. The molecule has 0 radical (unpaired) electrons. The molecule has 0 bridgehead atoms. The average Bonchev–Trinajstić information content (AvgIpc) is 2.99. The minimum absolute atomic E-state index is 0.0462. The molecule has 1 aromatic carbocycles. The molecule has 0 aliphatic heterocycles. The summed E-state index contributed by atoms with van der Waals surface area (Å²) in [6.07, 6.45) is 4.51. The van der Waals surface area contributed by atoms with Crippen LogP contribution in [0.2, 0.25) is 0 Å². The number of nitrogens with two attached hydrogens (primary N) is 1. The third-order valence-electron chi connectivity index (χ3n) is 3.91. The second-order valence-corrected chi connectivity index (χ2v) is 5.66. The lowest BCUT2D eigenvalue weighted by atomic mass is 10.1. The summed E-state index contributed by atoms with van der Waals surface area (Å²) in [5.41, 5.74) is 6.75. The van der Waals surface area contributed by atoms with Gasteiger partial charge in [0.15, 0.2) is 0 Å². The van der Waals surface area contributed by atoms with Gasteiger partial charge < -0.3 is 16.4 Å². The summed E-state index contributed by atoms with van der Waals surface area (Å²) in [7, 11) is 0. The maximum absolute atomic E-state index is 12.1. The molecule has 114 valence electrons. The first-order valence-corrected chi connectivity index (χ1v) is 7.52. The van der Waals surface area contributed by atoms with Gasteiger partial charge in [0, 0.05) is 29.8 Å². The summed E-state index contributed by atoms with van der Waals surface area (Å²) in [6, 6.07) is 7.25. The highest BCUT2D eigenvalue weighted by atomic mass is 16.2. The van der Waals surface area contributed by atoms with Crippen molar-refractivity contribution in [2.45, 2.75) is 38.6 Å². The van der Waals surface area contributed by atoms with Gasteiger partial charge in [-0.3, -0.25) is 9.59 Å². The molecule has 1 aromatic rings. The van der Waals surface area contributed by atoms with Gasteiger partial charge in [0.25, 0.3) is 5.91 Å². The van der Waals surface area contributed by atoms with Crippen molar-refractivity contribution in [1.82, 2.24) is 5.32 Å². The van der Waals surface area contributed by atoms with Crippen LogP contribution in [0, 0.1) is 5.92 Å². The summed E-state index contributed by atoms with van der Waals surface area (Å²) in [5, 5.41) is 5.82. The largest absolute Gasteiger partial charge is 0.349 e. The Kier molecular flexibility index (Phi) is 5.33.